The number of aliphatic hydroxyl groups is 1. The molecule has 0 spiro atoms. The normalized spacial score (nSPS) is 19.2. The molecule has 0 aliphatic carbocycles. The number of hydrogen-bond donors (Lipinski definition) is 1. The fourth-order valence-corrected chi connectivity index (χ4v) is 4.10. The lowest BCUT2D eigenvalue weighted by Crippen LogP contribution is -2.46. The topological polar surface area (TPSA) is 70.0 Å². The fourth-order valence-electron chi connectivity index (χ4n) is 4.10. The molecule has 1 fully saturated rings. The second-order valence-corrected chi connectivity index (χ2v) is 8.79. The summed E-state index contributed by atoms with van der Waals surface area (Å²) in [7, 11) is 1.29. The van der Waals surface area contributed by atoms with Gasteiger partial charge in [0.2, 0.25) is 0 Å². The van der Waals surface area contributed by atoms with Crippen molar-refractivity contribution in [2.24, 2.45) is 0 Å². The summed E-state index contributed by atoms with van der Waals surface area (Å²) >= 11 is 0. The van der Waals surface area contributed by atoms with Gasteiger partial charge in [0.25, 0.3) is 0 Å². The summed E-state index contributed by atoms with van der Waals surface area (Å²) in [6.07, 6.45) is 6.09. The number of pyridine rings is 1. The average molecular weight is 427 g/mol. The van der Waals surface area contributed by atoms with E-state index in [2.05, 4.69) is 38.7 Å². The molecule has 2 atom stereocenters. The zero-order chi connectivity index (χ0) is 22.4. The molecule has 1 N–H and O–H groups in total. The molecular weight excluding hydrogens is 393 g/mol. The molecule has 1 aromatic carbocycles. The second kappa shape index (κ2) is 10.5. The molecule has 0 amide bonds. The maximum atomic E-state index is 10.1. The van der Waals surface area contributed by atoms with Gasteiger partial charge in [0, 0.05) is 36.6 Å². The highest BCUT2D eigenvalue weighted by atomic mass is 16.6. The van der Waals surface area contributed by atoms with Gasteiger partial charge in [-0.25, -0.2) is 0 Å². The predicted octanol–water partition coefficient (Wildman–Crippen LogP) is 4.71. The Morgan fingerprint density at radius 2 is 2.03 bits per heavy atom. The molecule has 1 aromatic heterocycles. The largest absolute Gasteiger partial charge is 0.493 e. The molecule has 3 rings (SSSR count). The SMILES string of the molecule is CCCOc1cc(-c2cncc([C@H](CO)CB3OC(C)CC(C)(C)O3)c2)ccc1OC. The number of methoxy groups -OCH3 is 1. The van der Waals surface area contributed by atoms with Crippen LogP contribution in [0.15, 0.2) is 36.7 Å². The van der Waals surface area contributed by atoms with Crippen LogP contribution in [0.4, 0.5) is 0 Å². The first kappa shape index (κ1) is 23.6. The molecule has 1 unspecified atom stereocenters. The Morgan fingerprint density at radius 1 is 1.23 bits per heavy atom. The Hall–Kier alpha value is -2.09. The van der Waals surface area contributed by atoms with Gasteiger partial charge in [-0.1, -0.05) is 13.0 Å². The molecule has 0 bridgehead atoms. The standard InChI is InChI=1S/C24H34BNO5/c1-6-9-29-23-11-18(7-8-22(23)28-5)19-10-20(15-26-14-19)21(16-27)13-25-30-17(2)12-24(3,4)31-25/h7-8,10-11,14-15,17,21,27H,6,9,12-13,16H2,1-5H3/t17?,21-/m0/s1. The monoisotopic (exact) mass is 427 g/mol. The van der Waals surface area contributed by atoms with E-state index >= 15 is 0 Å². The number of nitrogens with zero attached hydrogens (tertiary/aromatic N) is 1. The lowest BCUT2D eigenvalue weighted by atomic mass is 9.72. The minimum Gasteiger partial charge on any atom is -0.493 e. The number of benzene rings is 1. The molecule has 2 aromatic rings. The predicted molar refractivity (Wildman–Crippen MR) is 123 cm³/mol. The van der Waals surface area contributed by atoms with Crippen LogP contribution < -0.4 is 9.47 Å². The molecule has 6 nitrogen and oxygen atoms in total. The van der Waals surface area contributed by atoms with Crippen molar-refractivity contribution in [1.29, 1.82) is 0 Å². The Bertz CT molecular complexity index is 860. The van der Waals surface area contributed by atoms with Crippen molar-refractivity contribution in [3.05, 3.63) is 42.2 Å². The summed E-state index contributed by atoms with van der Waals surface area (Å²) in [5.74, 6) is 1.29. The highest BCUT2D eigenvalue weighted by molar-refractivity contribution is 6.45. The number of aliphatic hydroxyl groups excluding tert-OH is 1. The van der Waals surface area contributed by atoms with E-state index in [0.29, 0.717) is 24.4 Å². The number of hydrogen-bond acceptors (Lipinski definition) is 6. The maximum Gasteiger partial charge on any atom is 0.458 e. The van der Waals surface area contributed by atoms with Crippen LogP contribution in [0.2, 0.25) is 6.32 Å². The molecule has 0 saturated carbocycles. The van der Waals surface area contributed by atoms with Crippen molar-refractivity contribution in [2.75, 3.05) is 20.3 Å². The van der Waals surface area contributed by atoms with Gasteiger partial charge in [-0.15, -0.1) is 0 Å². The third-order valence-electron chi connectivity index (χ3n) is 5.50. The van der Waals surface area contributed by atoms with Crippen molar-refractivity contribution in [3.8, 4) is 22.6 Å². The third kappa shape index (κ3) is 6.22. The Morgan fingerprint density at radius 3 is 2.71 bits per heavy atom. The number of rotatable bonds is 9. The molecule has 1 aliphatic heterocycles. The van der Waals surface area contributed by atoms with Crippen LogP contribution in [0.1, 0.15) is 52.0 Å². The lowest BCUT2D eigenvalue weighted by Gasteiger charge is -2.39. The number of aromatic nitrogens is 1. The molecule has 1 aliphatic rings. The van der Waals surface area contributed by atoms with E-state index in [4.69, 9.17) is 18.8 Å². The van der Waals surface area contributed by atoms with Crippen molar-refractivity contribution >= 4 is 7.12 Å². The van der Waals surface area contributed by atoms with E-state index in [-0.39, 0.29) is 31.3 Å². The van der Waals surface area contributed by atoms with Crippen molar-refractivity contribution in [2.45, 2.75) is 64.5 Å². The Balaban J connectivity index is 1.81. The molecule has 31 heavy (non-hydrogen) atoms. The first-order chi connectivity index (χ1) is 14.8. The van der Waals surface area contributed by atoms with Crippen molar-refractivity contribution < 1.29 is 23.9 Å². The van der Waals surface area contributed by atoms with Gasteiger partial charge < -0.3 is 23.9 Å². The summed E-state index contributed by atoms with van der Waals surface area (Å²) in [5.41, 5.74) is 2.66. The van der Waals surface area contributed by atoms with Crippen LogP contribution in [-0.2, 0) is 9.31 Å². The summed E-state index contributed by atoms with van der Waals surface area (Å²) in [4.78, 5) is 4.44. The maximum absolute atomic E-state index is 10.1. The fraction of sp³-hybridized carbons (Fsp3) is 0.542. The molecule has 1 saturated heterocycles. The van der Waals surface area contributed by atoms with E-state index in [1.165, 1.54) is 0 Å². The van der Waals surface area contributed by atoms with Crippen LogP contribution in [0.3, 0.4) is 0 Å². The summed E-state index contributed by atoms with van der Waals surface area (Å²) in [5, 5.41) is 10.1. The minimum absolute atomic E-state index is 0.00334. The van der Waals surface area contributed by atoms with Gasteiger partial charge in [-0.2, -0.15) is 0 Å². The third-order valence-corrected chi connectivity index (χ3v) is 5.50. The van der Waals surface area contributed by atoms with E-state index in [0.717, 1.165) is 29.5 Å². The van der Waals surface area contributed by atoms with E-state index < -0.39 is 0 Å². The zero-order valence-electron chi connectivity index (χ0n) is 19.3. The highest BCUT2D eigenvalue weighted by Crippen LogP contribution is 2.35. The van der Waals surface area contributed by atoms with Gasteiger partial charge in [-0.05, 0) is 69.3 Å². The van der Waals surface area contributed by atoms with Crippen LogP contribution in [0.25, 0.3) is 11.1 Å². The molecule has 7 heteroatoms. The van der Waals surface area contributed by atoms with Gasteiger partial charge >= 0.3 is 7.12 Å². The van der Waals surface area contributed by atoms with E-state index in [1.54, 1.807) is 13.3 Å². The van der Waals surface area contributed by atoms with Crippen molar-refractivity contribution in [1.82, 2.24) is 4.98 Å². The summed E-state index contributed by atoms with van der Waals surface area (Å²) in [6, 6.07) is 7.94. The van der Waals surface area contributed by atoms with Gasteiger partial charge in [0.1, 0.15) is 0 Å². The Kier molecular flexibility index (Phi) is 7.97. The average Bonchev–Trinajstić information content (AvgIpc) is 2.74. The Labute approximate surface area is 186 Å². The van der Waals surface area contributed by atoms with Crippen LogP contribution in [-0.4, -0.2) is 49.2 Å². The van der Waals surface area contributed by atoms with E-state index in [1.807, 2.05) is 24.4 Å². The molecule has 0 radical (unpaired) electrons. The van der Waals surface area contributed by atoms with Gasteiger partial charge in [-0.3, -0.25) is 4.98 Å². The summed E-state index contributed by atoms with van der Waals surface area (Å²) < 4.78 is 23.4. The highest BCUT2D eigenvalue weighted by Gasteiger charge is 2.38. The van der Waals surface area contributed by atoms with Crippen LogP contribution in [0.5, 0.6) is 11.5 Å². The van der Waals surface area contributed by atoms with Crippen LogP contribution >= 0.6 is 0 Å². The first-order valence-electron chi connectivity index (χ1n) is 11.1. The summed E-state index contributed by atoms with van der Waals surface area (Å²) in [6.45, 7) is 8.92. The molecule has 168 valence electrons. The molecular formula is C24H34BNO5. The number of ether oxygens (including phenoxy) is 2. The van der Waals surface area contributed by atoms with Gasteiger partial charge in [0.05, 0.1) is 19.3 Å². The van der Waals surface area contributed by atoms with Crippen LogP contribution in [0, 0.1) is 0 Å². The molecule has 2 heterocycles. The second-order valence-electron chi connectivity index (χ2n) is 8.79. The quantitative estimate of drug-likeness (QED) is 0.585. The van der Waals surface area contributed by atoms with E-state index in [9.17, 15) is 5.11 Å². The first-order valence-corrected chi connectivity index (χ1v) is 11.1. The van der Waals surface area contributed by atoms with Gasteiger partial charge in [0.15, 0.2) is 11.5 Å². The zero-order valence-corrected chi connectivity index (χ0v) is 19.3. The minimum atomic E-state index is -0.352. The lowest BCUT2D eigenvalue weighted by molar-refractivity contribution is -0.0297. The van der Waals surface area contributed by atoms with Crippen molar-refractivity contribution in [3.63, 3.8) is 0 Å². The smallest absolute Gasteiger partial charge is 0.458 e.